The number of benzene rings is 2. The van der Waals surface area contributed by atoms with Crippen molar-refractivity contribution >= 4 is 17.7 Å². The van der Waals surface area contributed by atoms with Gasteiger partial charge in [-0.05, 0) is 99.5 Å². The molecule has 280 valence electrons. The summed E-state index contributed by atoms with van der Waals surface area (Å²) in [5.74, 6) is -0.141. The Balaban J connectivity index is 1.61. The summed E-state index contributed by atoms with van der Waals surface area (Å²) in [4.78, 5) is 18.8. The molecule has 1 saturated heterocycles. The number of ether oxygens (including phenoxy) is 1. The van der Waals surface area contributed by atoms with Crippen molar-refractivity contribution in [1.29, 1.82) is 0 Å². The van der Waals surface area contributed by atoms with Crippen LogP contribution in [0.15, 0.2) is 30.3 Å². The summed E-state index contributed by atoms with van der Waals surface area (Å²) in [5, 5.41) is 12.0. The molecular weight excluding hydrogens is 697 g/mol. The van der Waals surface area contributed by atoms with Gasteiger partial charge in [0, 0.05) is 31.9 Å². The van der Waals surface area contributed by atoms with Crippen molar-refractivity contribution in [2.45, 2.75) is 96.1 Å². The molecule has 0 radical (unpaired) electrons. The van der Waals surface area contributed by atoms with Crippen molar-refractivity contribution in [2.24, 2.45) is 7.05 Å². The zero-order chi connectivity index (χ0) is 37.7. The van der Waals surface area contributed by atoms with E-state index < -0.39 is 65.5 Å². The molecule has 1 aromatic heterocycles. The minimum atomic E-state index is -5.10. The van der Waals surface area contributed by atoms with Gasteiger partial charge in [-0.15, -0.1) is 5.10 Å². The fraction of sp³-hybridized carbons (Fsp3) is 0.576. The molecule has 0 N–H and O–H groups in total. The number of alkyl halides is 9. The SMILES string of the molecule is Cc1cc2c(cc1C(F)(F)F)N(C[C@@H]1CCCN1C(=O)OC(C)(C)C)CCCC2N(Cc1cc(C(F)(F)F)cc(C(F)(F)F)c1)c1nnn(C)n1. The second-order valence-electron chi connectivity index (χ2n) is 13.9. The van der Waals surface area contributed by atoms with Crippen molar-refractivity contribution in [3.05, 3.63) is 63.7 Å². The fourth-order valence-electron chi connectivity index (χ4n) is 6.69. The number of hydrogen-bond donors (Lipinski definition) is 0. The molecule has 1 fully saturated rings. The van der Waals surface area contributed by atoms with Crippen LogP contribution in [0.4, 0.5) is 55.9 Å². The Morgan fingerprint density at radius 3 is 2.06 bits per heavy atom. The van der Waals surface area contributed by atoms with Gasteiger partial charge in [-0.1, -0.05) is 11.2 Å². The van der Waals surface area contributed by atoms with Crippen molar-refractivity contribution in [3.8, 4) is 0 Å². The number of carbonyl (C=O) groups is 1. The maximum Gasteiger partial charge on any atom is 0.416 e. The number of carbonyl (C=O) groups excluding carboxylic acids is 1. The summed E-state index contributed by atoms with van der Waals surface area (Å²) < 4.78 is 131. The topological polar surface area (TPSA) is 79.6 Å². The summed E-state index contributed by atoms with van der Waals surface area (Å²) in [6.07, 6.45) is -13.7. The van der Waals surface area contributed by atoms with Gasteiger partial charge >= 0.3 is 24.6 Å². The Bertz CT molecular complexity index is 1700. The number of amides is 1. The van der Waals surface area contributed by atoms with Gasteiger partial charge in [0.25, 0.3) is 5.95 Å². The predicted molar refractivity (Wildman–Crippen MR) is 168 cm³/mol. The highest BCUT2D eigenvalue weighted by atomic mass is 19.4. The van der Waals surface area contributed by atoms with Crippen molar-refractivity contribution in [3.63, 3.8) is 0 Å². The molecule has 2 aliphatic heterocycles. The van der Waals surface area contributed by atoms with E-state index in [-0.39, 0.29) is 48.3 Å². The van der Waals surface area contributed by atoms with E-state index in [0.29, 0.717) is 43.5 Å². The highest BCUT2D eigenvalue weighted by Gasteiger charge is 2.41. The van der Waals surface area contributed by atoms with Gasteiger partial charge in [-0.2, -0.15) is 44.3 Å². The van der Waals surface area contributed by atoms with Crippen LogP contribution < -0.4 is 9.80 Å². The van der Waals surface area contributed by atoms with E-state index in [9.17, 15) is 44.3 Å². The van der Waals surface area contributed by atoms with Gasteiger partial charge in [-0.3, -0.25) is 0 Å². The standard InChI is InChI=1S/C33H38F9N7O2/c1-19-12-24-26(49(28-43-45-46(5)44-28)17-20-13-21(31(34,35)36)15-22(14-20)32(37,38)39)9-7-10-47(27(24)16-25(19)33(40,41)42)18-23-8-6-11-48(23)29(50)51-30(2,3)4/h12-16,23,26H,6-11,17-18H2,1-5H3/t23-,26?/m0/s1. The minimum Gasteiger partial charge on any atom is -0.444 e. The molecule has 51 heavy (non-hydrogen) atoms. The van der Waals surface area contributed by atoms with E-state index in [1.54, 1.807) is 30.6 Å². The van der Waals surface area contributed by atoms with E-state index in [0.717, 1.165) is 10.9 Å². The number of aromatic nitrogens is 4. The van der Waals surface area contributed by atoms with E-state index in [4.69, 9.17) is 4.74 Å². The van der Waals surface area contributed by atoms with Crippen LogP contribution in [0.5, 0.6) is 0 Å². The number of hydrogen-bond acceptors (Lipinski definition) is 7. The molecule has 9 nitrogen and oxygen atoms in total. The van der Waals surface area contributed by atoms with Gasteiger partial charge in [-0.25, -0.2) is 4.79 Å². The van der Waals surface area contributed by atoms with Gasteiger partial charge in [0.05, 0.1) is 35.8 Å². The molecule has 2 aromatic carbocycles. The average molecular weight is 736 g/mol. The first-order valence-corrected chi connectivity index (χ1v) is 16.3. The quantitative estimate of drug-likeness (QED) is 0.236. The normalized spacial score (nSPS) is 18.9. The first-order valence-electron chi connectivity index (χ1n) is 16.3. The first kappa shape index (κ1) is 38.0. The second-order valence-corrected chi connectivity index (χ2v) is 13.9. The third-order valence-corrected chi connectivity index (χ3v) is 8.85. The number of fused-ring (bicyclic) bond motifs is 1. The van der Waals surface area contributed by atoms with Crippen LogP contribution in [0.2, 0.25) is 0 Å². The Kier molecular flexibility index (Phi) is 10.2. The molecule has 1 amide bonds. The number of anilines is 2. The maximum atomic E-state index is 14.3. The molecule has 2 atom stereocenters. The molecule has 0 aliphatic carbocycles. The van der Waals surface area contributed by atoms with E-state index >= 15 is 0 Å². The van der Waals surface area contributed by atoms with Crippen LogP contribution >= 0.6 is 0 Å². The molecule has 2 aliphatic rings. The molecule has 18 heteroatoms. The zero-order valence-electron chi connectivity index (χ0n) is 28.5. The summed E-state index contributed by atoms with van der Waals surface area (Å²) >= 11 is 0. The molecule has 3 aromatic rings. The monoisotopic (exact) mass is 735 g/mol. The Morgan fingerprint density at radius 1 is 0.882 bits per heavy atom. The molecule has 1 unspecified atom stereocenters. The Labute approximate surface area is 288 Å². The van der Waals surface area contributed by atoms with E-state index in [1.165, 1.54) is 24.9 Å². The summed E-state index contributed by atoms with van der Waals surface area (Å²) in [6, 6.07) is 2.30. The van der Waals surface area contributed by atoms with Gasteiger partial charge in [0.1, 0.15) is 5.60 Å². The lowest BCUT2D eigenvalue weighted by atomic mass is 9.94. The minimum absolute atomic E-state index is 0.0266. The highest BCUT2D eigenvalue weighted by molar-refractivity contribution is 5.69. The highest BCUT2D eigenvalue weighted by Crippen LogP contribution is 2.44. The average Bonchev–Trinajstić information content (AvgIpc) is 3.60. The number of tetrazole rings is 1. The van der Waals surface area contributed by atoms with E-state index in [1.807, 2.05) is 0 Å². The lowest BCUT2D eigenvalue weighted by Gasteiger charge is -2.35. The molecular formula is C33H38F9N7O2. The molecule has 5 rings (SSSR count). The Morgan fingerprint density at radius 2 is 1.51 bits per heavy atom. The molecule has 3 heterocycles. The lowest BCUT2D eigenvalue weighted by molar-refractivity contribution is -0.143. The van der Waals surface area contributed by atoms with Crippen molar-refractivity contribution in [1.82, 2.24) is 25.1 Å². The van der Waals surface area contributed by atoms with Crippen LogP contribution in [-0.2, 0) is 36.9 Å². The van der Waals surface area contributed by atoms with Gasteiger partial charge in [0.15, 0.2) is 0 Å². The molecule has 0 bridgehead atoms. The third kappa shape index (κ3) is 8.80. The first-order chi connectivity index (χ1) is 23.5. The molecule has 0 saturated carbocycles. The number of nitrogens with zero attached hydrogens (tertiary/aromatic N) is 7. The summed E-state index contributed by atoms with van der Waals surface area (Å²) in [6.45, 7) is 6.70. The lowest BCUT2D eigenvalue weighted by Crippen LogP contribution is -2.45. The zero-order valence-corrected chi connectivity index (χ0v) is 28.5. The number of rotatable bonds is 6. The largest absolute Gasteiger partial charge is 0.444 e. The maximum absolute atomic E-state index is 14.3. The van der Waals surface area contributed by atoms with Crippen LogP contribution in [0, 0.1) is 6.92 Å². The Hall–Kier alpha value is -4.25. The summed E-state index contributed by atoms with van der Waals surface area (Å²) in [7, 11) is 1.42. The van der Waals surface area contributed by atoms with Crippen LogP contribution in [-0.4, -0.2) is 62.5 Å². The van der Waals surface area contributed by atoms with Gasteiger partial charge < -0.3 is 19.4 Å². The van der Waals surface area contributed by atoms with Crippen LogP contribution in [0.3, 0.4) is 0 Å². The fourth-order valence-corrected chi connectivity index (χ4v) is 6.69. The van der Waals surface area contributed by atoms with Crippen molar-refractivity contribution < 1.29 is 49.0 Å². The smallest absolute Gasteiger partial charge is 0.416 e. The van der Waals surface area contributed by atoms with Gasteiger partial charge in [0.2, 0.25) is 0 Å². The van der Waals surface area contributed by atoms with Crippen LogP contribution in [0.25, 0.3) is 0 Å². The van der Waals surface area contributed by atoms with Crippen molar-refractivity contribution in [2.75, 3.05) is 29.4 Å². The third-order valence-electron chi connectivity index (χ3n) is 8.85. The number of halogens is 9. The van der Waals surface area contributed by atoms with E-state index in [2.05, 4.69) is 15.4 Å². The number of aryl methyl sites for hydroxylation is 2. The molecule has 0 spiro atoms. The second kappa shape index (κ2) is 13.7. The number of likely N-dealkylation sites (tertiary alicyclic amines) is 1. The predicted octanol–water partition coefficient (Wildman–Crippen LogP) is 8.32. The van der Waals surface area contributed by atoms with Crippen LogP contribution in [0.1, 0.15) is 85.9 Å². The summed E-state index contributed by atoms with van der Waals surface area (Å²) in [5.41, 5.74) is -4.68.